The zero-order valence-corrected chi connectivity index (χ0v) is 12.9. The van der Waals surface area contributed by atoms with Crippen LogP contribution in [0.2, 0.25) is 0 Å². The van der Waals surface area contributed by atoms with Gasteiger partial charge in [-0.05, 0) is 22.0 Å². The summed E-state index contributed by atoms with van der Waals surface area (Å²) in [5.74, 6) is 0.833. The molecular weight excluding hydrogens is 312 g/mol. The Kier molecular flexibility index (Phi) is 6.24. The van der Waals surface area contributed by atoms with Crippen molar-refractivity contribution in [1.29, 1.82) is 0 Å². The van der Waals surface area contributed by atoms with E-state index in [0.29, 0.717) is 24.3 Å². The summed E-state index contributed by atoms with van der Waals surface area (Å²) >= 11 is 3.33. The second-order valence-corrected chi connectivity index (χ2v) is 5.71. The van der Waals surface area contributed by atoms with Crippen molar-refractivity contribution in [3.63, 3.8) is 0 Å². The van der Waals surface area contributed by atoms with Crippen LogP contribution in [-0.2, 0) is 0 Å². The van der Waals surface area contributed by atoms with Crippen molar-refractivity contribution < 1.29 is 9.66 Å². The lowest BCUT2D eigenvalue weighted by molar-refractivity contribution is -0.385. The van der Waals surface area contributed by atoms with Gasteiger partial charge in [0.05, 0.1) is 22.1 Å². The summed E-state index contributed by atoms with van der Waals surface area (Å²) in [6.07, 6.45) is 0. The summed E-state index contributed by atoms with van der Waals surface area (Å²) in [6.45, 7) is 7.61. The van der Waals surface area contributed by atoms with Gasteiger partial charge in [-0.15, -0.1) is 0 Å². The quantitative estimate of drug-likeness (QED) is 0.615. The van der Waals surface area contributed by atoms with E-state index in [2.05, 4.69) is 42.0 Å². The summed E-state index contributed by atoms with van der Waals surface area (Å²) in [4.78, 5) is 10.3. The molecule has 1 aromatic carbocycles. The van der Waals surface area contributed by atoms with Crippen LogP contribution in [0.5, 0.6) is 5.75 Å². The highest BCUT2D eigenvalue weighted by Crippen LogP contribution is 2.29. The van der Waals surface area contributed by atoms with Crippen molar-refractivity contribution in [2.75, 3.05) is 13.2 Å². The van der Waals surface area contributed by atoms with Gasteiger partial charge >= 0.3 is 0 Å². The van der Waals surface area contributed by atoms with Crippen molar-refractivity contribution in [3.8, 4) is 5.75 Å². The van der Waals surface area contributed by atoms with Crippen molar-refractivity contribution >= 4 is 21.6 Å². The van der Waals surface area contributed by atoms with Crippen LogP contribution in [0.1, 0.15) is 20.8 Å². The number of benzene rings is 1. The van der Waals surface area contributed by atoms with Gasteiger partial charge in [-0.25, -0.2) is 0 Å². The van der Waals surface area contributed by atoms with E-state index in [-0.39, 0.29) is 5.69 Å². The van der Waals surface area contributed by atoms with Crippen LogP contribution in [0.15, 0.2) is 22.7 Å². The van der Waals surface area contributed by atoms with Crippen LogP contribution in [0, 0.1) is 16.0 Å². The van der Waals surface area contributed by atoms with E-state index in [1.54, 1.807) is 6.07 Å². The normalized spacial score (nSPS) is 12.5. The molecular formula is C13H19BrN2O3. The Bertz CT molecular complexity index is 438. The molecule has 0 aliphatic heterocycles. The van der Waals surface area contributed by atoms with Gasteiger partial charge in [-0.2, -0.15) is 0 Å². The first-order valence-corrected chi connectivity index (χ1v) is 6.99. The monoisotopic (exact) mass is 330 g/mol. The average molecular weight is 331 g/mol. The van der Waals surface area contributed by atoms with Crippen molar-refractivity contribution in [3.05, 3.63) is 32.8 Å². The Morgan fingerprint density at radius 3 is 2.68 bits per heavy atom. The van der Waals surface area contributed by atoms with Crippen LogP contribution in [0.25, 0.3) is 0 Å². The van der Waals surface area contributed by atoms with E-state index >= 15 is 0 Å². The van der Waals surface area contributed by atoms with Gasteiger partial charge in [-0.1, -0.05) is 20.8 Å². The highest BCUT2D eigenvalue weighted by molar-refractivity contribution is 9.10. The van der Waals surface area contributed by atoms with Gasteiger partial charge in [0.25, 0.3) is 5.69 Å². The van der Waals surface area contributed by atoms with Crippen LogP contribution in [0.3, 0.4) is 0 Å². The molecule has 106 valence electrons. The zero-order chi connectivity index (χ0) is 14.4. The number of hydrogen-bond acceptors (Lipinski definition) is 4. The standard InChI is InChI=1S/C13H19BrN2O3/c1-9(2)15-7-10(3)8-19-13-6-11(16(17)18)4-5-12(13)14/h4-6,9-10,15H,7-8H2,1-3H3. The lowest BCUT2D eigenvalue weighted by Crippen LogP contribution is -2.30. The molecule has 0 aromatic heterocycles. The molecule has 1 aromatic rings. The fourth-order valence-electron chi connectivity index (χ4n) is 1.44. The summed E-state index contributed by atoms with van der Waals surface area (Å²) in [5, 5.41) is 14.0. The van der Waals surface area contributed by atoms with Crippen LogP contribution < -0.4 is 10.1 Å². The van der Waals surface area contributed by atoms with Gasteiger partial charge < -0.3 is 10.1 Å². The van der Waals surface area contributed by atoms with Gasteiger partial charge in [0.1, 0.15) is 5.75 Å². The Morgan fingerprint density at radius 2 is 2.11 bits per heavy atom. The minimum absolute atomic E-state index is 0.0335. The number of halogens is 1. The molecule has 0 radical (unpaired) electrons. The lowest BCUT2D eigenvalue weighted by Gasteiger charge is -2.16. The number of nitrogens with zero attached hydrogens (tertiary/aromatic N) is 1. The van der Waals surface area contributed by atoms with E-state index in [1.165, 1.54) is 12.1 Å². The van der Waals surface area contributed by atoms with Gasteiger partial charge in [0.15, 0.2) is 0 Å². The van der Waals surface area contributed by atoms with E-state index in [0.717, 1.165) is 11.0 Å². The first-order valence-electron chi connectivity index (χ1n) is 6.20. The fraction of sp³-hybridized carbons (Fsp3) is 0.538. The third-order valence-corrected chi connectivity index (χ3v) is 3.18. The minimum Gasteiger partial charge on any atom is -0.492 e. The molecule has 1 N–H and O–H groups in total. The maximum Gasteiger partial charge on any atom is 0.273 e. The Hall–Kier alpha value is -1.14. The summed E-state index contributed by atoms with van der Waals surface area (Å²) in [5.41, 5.74) is 0.0335. The first-order chi connectivity index (χ1) is 8.90. The van der Waals surface area contributed by atoms with Crippen LogP contribution >= 0.6 is 15.9 Å². The highest BCUT2D eigenvalue weighted by atomic mass is 79.9. The maximum atomic E-state index is 10.7. The molecule has 1 atom stereocenters. The number of hydrogen-bond donors (Lipinski definition) is 1. The third kappa shape index (κ3) is 5.57. The summed E-state index contributed by atoms with van der Waals surface area (Å²) in [7, 11) is 0. The molecule has 0 heterocycles. The van der Waals surface area contributed by atoms with E-state index in [9.17, 15) is 10.1 Å². The largest absolute Gasteiger partial charge is 0.492 e. The Labute approximate surface area is 121 Å². The number of ether oxygens (including phenoxy) is 1. The van der Waals surface area contributed by atoms with E-state index in [1.807, 2.05) is 0 Å². The molecule has 0 saturated heterocycles. The Balaban J connectivity index is 2.57. The average Bonchev–Trinajstić information content (AvgIpc) is 2.35. The first kappa shape index (κ1) is 15.9. The molecule has 6 heteroatoms. The molecule has 0 bridgehead atoms. The maximum absolute atomic E-state index is 10.7. The predicted molar refractivity (Wildman–Crippen MR) is 78.6 cm³/mol. The highest BCUT2D eigenvalue weighted by Gasteiger charge is 2.12. The molecule has 5 nitrogen and oxygen atoms in total. The van der Waals surface area contributed by atoms with Gasteiger partial charge in [-0.3, -0.25) is 10.1 Å². The van der Waals surface area contributed by atoms with Gasteiger partial charge in [0.2, 0.25) is 0 Å². The molecule has 19 heavy (non-hydrogen) atoms. The minimum atomic E-state index is -0.428. The predicted octanol–water partition coefficient (Wildman–Crippen LogP) is 3.37. The Morgan fingerprint density at radius 1 is 1.42 bits per heavy atom. The number of nitrogens with one attached hydrogen (secondary N) is 1. The van der Waals surface area contributed by atoms with Crippen LogP contribution in [-0.4, -0.2) is 24.1 Å². The molecule has 0 spiro atoms. The van der Waals surface area contributed by atoms with Crippen LogP contribution in [0.4, 0.5) is 5.69 Å². The summed E-state index contributed by atoms with van der Waals surface area (Å²) < 4.78 is 6.35. The topological polar surface area (TPSA) is 64.4 Å². The molecule has 1 rings (SSSR count). The number of rotatable bonds is 7. The van der Waals surface area contributed by atoms with Crippen molar-refractivity contribution in [2.24, 2.45) is 5.92 Å². The SMILES string of the molecule is CC(CNC(C)C)COc1cc([N+](=O)[O-])ccc1Br. The second-order valence-electron chi connectivity index (χ2n) is 4.85. The zero-order valence-electron chi connectivity index (χ0n) is 11.4. The molecule has 1 unspecified atom stereocenters. The molecule has 0 saturated carbocycles. The third-order valence-electron chi connectivity index (χ3n) is 2.52. The second kappa shape index (κ2) is 7.45. The fourth-order valence-corrected chi connectivity index (χ4v) is 1.81. The van der Waals surface area contributed by atoms with Gasteiger partial charge in [0, 0.05) is 24.6 Å². The van der Waals surface area contributed by atoms with E-state index in [4.69, 9.17) is 4.74 Å². The molecule has 0 fully saturated rings. The molecule has 0 aliphatic carbocycles. The molecule has 0 amide bonds. The lowest BCUT2D eigenvalue weighted by atomic mass is 10.2. The van der Waals surface area contributed by atoms with Crippen molar-refractivity contribution in [1.82, 2.24) is 5.32 Å². The smallest absolute Gasteiger partial charge is 0.273 e. The van der Waals surface area contributed by atoms with E-state index < -0.39 is 4.92 Å². The number of nitro benzene ring substituents is 1. The number of non-ortho nitro benzene ring substituents is 1. The number of nitro groups is 1. The molecule has 0 aliphatic rings. The summed E-state index contributed by atoms with van der Waals surface area (Å²) in [6, 6.07) is 4.95. The van der Waals surface area contributed by atoms with Crippen molar-refractivity contribution in [2.45, 2.75) is 26.8 Å².